The highest BCUT2D eigenvalue weighted by atomic mass is 16.3. The first-order valence-corrected chi connectivity index (χ1v) is 16.8. The zero-order valence-electron chi connectivity index (χ0n) is 27.0. The van der Waals surface area contributed by atoms with Gasteiger partial charge in [-0.3, -0.25) is 0 Å². The highest BCUT2D eigenvalue weighted by Gasteiger charge is 2.16. The van der Waals surface area contributed by atoms with E-state index in [0.717, 1.165) is 83.3 Å². The van der Waals surface area contributed by atoms with Crippen LogP contribution in [0.15, 0.2) is 174 Å². The lowest BCUT2D eigenvalue weighted by Gasteiger charge is -2.13. The van der Waals surface area contributed by atoms with Gasteiger partial charge in [0.1, 0.15) is 11.2 Å². The van der Waals surface area contributed by atoms with Crippen molar-refractivity contribution in [1.29, 1.82) is 0 Å². The molecule has 0 aliphatic heterocycles. The molecule has 0 aliphatic rings. The third kappa shape index (κ3) is 4.85. The summed E-state index contributed by atoms with van der Waals surface area (Å²) in [6.45, 7) is 0. The Labute approximate surface area is 288 Å². The summed E-state index contributed by atoms with van der Waals surface area (Å²) in [5.41, 5.74) is 13.0. The fourth-order valence-electron chi connectivity index (χ4n) is 7.12. The molecule has 0 radical (unpaired) electrons. The molecule has 0 saturated heterocycles. The monoisotopic (exact) mass is 639 g/mol. The summed E-state index contributed by atoms with van der Waals surface area (Å²) < 4.78 is 6.30. The number of H-pyrrole nitrogens is 1. The summed E-state index contributed by atoms with van der Waals surface area (Å²) in [4.78, 5) is 14.2. The van der Waals surface area contributed by atoms with Gasteiger partial charge in [0.25, 0.3) is 0 Å². The summed E-state index contributed by atoms with van der Waals surface area (Å²) in [7, 11) is 0. The Balaban J connectivity index is 1.20. The second-order valence-corrected chi connectivity index (χ2v) is 12.7. The van der Waals surface area contributed by atoms with E-state index in [0.29, 0.717) is 5.82 Å². The zero-order chi connectivity index (χ0) is 33.0. The Kier molecular flexibility index (Phi) is 6.46. The van der Waals surface area contributed by atoms with Crippen LogP contribution in [0.25, 0.3) is 99.9 Å². The fraction of sp³-hybridized carbons (Fsp3) is 0. The summed E-state index contributed by atoms with van der Waals surface area (Å²) in [6.07, 6.45) is 0. The van der Waals surface area contributed by atoms with Crippen LogP contribution < -0.4 is 0 Å². The number of aromatic amines is 1. The number of aromatic nitrogens is 3. The molecule has 4 heteroatoms. The summed E-state index contributed by atoms with van der Waals surface area (Å²) in [5.74, 6) is 0.661. The number of fused-ring (bicyclic) bond motifs is 6. The van der Waals surface area contributed by atoms with Gasteiger partial charge in [-0.15, -0.1) is 0 Å². The summed E-state index contributed by atoms with van der Waals surface area (Å²) in [5, 5.41) is 4.60. The number of benzene rings is 7. The lowest BCUT2D eigenvalue weighted by atomic mass is 9.95. The highest BCUT2D eigenvalue weighted by Crippen LogP contribution is 2.37. The SMILES string of the molecule is c1ccc(-c2cc(-c3ccccc3)cc(-c3nc(-c4ccc5c(c4)[nH]c4ccccc45)cc(-c4ccc5c(c4)oc4ccccc45)n3)c2)cc1. The van der Waals surface area contributed by atoms with Crippen molar-refractivity contribution in [3.05, 3.63) is 170 Å². The van der Waals surface area contributed by atoms with Gasteiger partial charge in [0, 0.05) is 49.3 Å². The Bertz CT molecular complexity index is 2680. The predicted octanol–water partition coefficient (Wildman–Crippen LogP) is 12.3. The Morgan fingerprint density at radius 3 is 1.60 bits per heavy atom. The topological polar surface area (TPSA) is 54.7 Å². The standard InChI is InChI=1S/C46H29N3O/c1-3-11-29(12-4-1)33-23-34(30-13-5-2-6-14-30)25-35(24-33)46-48-41(31-19-21-37-36-15-7-9-17-40(36)47-43(37)26-31)28-42(49-46)32-20-22-39-38-16-8-10-18-44(38)50-45(39)27-32/h1-28,47H. The molecular formula is C46H29N3O. The van der Waals surface area contributed by atoms with Gasteiger partial charge in [-0.2, -0.15) is 0 Å². The molecule has 0 saturated carbocycles. The lowest BCUT2D eigenvalue weighted by Crippen LogP contribution is -1.97. The number of para-hydroxylation sites is 2. The summed E-state index contributed by atoms with van der Waals surface area (Å²) in [6, 6.07) is 59.3. The first-order valence-electron chi connectivity index (χ1n) is 16.8. The van der Waals surface area contributed by atoms with Crippen LogP contribution in [-0.2, 0) is 0 Å². The maximum atomic E-state index is 6.30. The van der Waals surface area contributed by atoms with Crippen LogP contribution in [0.1, 0.15) is 0 Å². The van der Waals surface area contributed by atoms with Crippen LogP contribution in [0.4, 0.5) is 0 Å². The van der Waals surface area contributed by atoms with Crippen LogP contribution in [-0.4, -0.2) is 15.0 Å². The molecule has 0 spiro atoms. The van der Waals surface area contributed by atoms with Crippen molar-refractivity contribution < 1.29 is 4.42 Å². The minimum atomic E-state index is 0.661. The lowest BCUT2D eigenvalue weighted by molar-refractivity contribution is 0.669. The van der Waals surface area contributed by atoms with Crippen LogP contribution in [0.2, 0.25) is 0 Å². The molecule has 3 heterocycles. The Morgan fingerprint density at radius 2 is 0.880 bits per heavy atom. The van der Waals surface area contributed by atoms with Gasteiger partial charge in [-0.05, 0) is 76.9 Å². The van der Waals surface area contributed by atoms with Crippen molar-refractivity contribution in [2.75, 3.05) is 0 Å². The van der Waals surface area contributed by atoms with Crippen LogP contribution in [0, 0.1) is 0 Å². The molecule has 4 nitrogen and oxygen atoms in total. The molecule has 1 N–H and O–H groups in total. The quantitative estimate of drug-likeness (QED) is 0.204. The second kappa shape index (κ2) is 11.4. The maximum Gasteiger partial charge on any atom is 0.160 e. The molecule has 50 heavy (non-hydrogen) atoms. The van der Waals surface area contributed by atoms with Crippen LogP contribution in [0.5, 0.6) is 0 Å². The molecule has 0 atom stereocenters. The van der Waals surface area contributed by atoms with Crippen LogP contribution in [0.3, 0.4) is 0 Å². The van der Waals surface area contributed by atoms with Crippen molar-refractivity contribution in [2.45, 2.75) is 0 Å². The number of rotatable bonds is 5. The van der Waals surface area contributed by atoms with Gasteiger partial charge in [0.2, 0.25) is 0 Å². The molecule has 0 aliphatic carbocycles. The molecule has 0 bridgehead atoms. The van der Waals surface area contributed by atoms with E-state index in [1.54, 1.807) is 0 Å². The Morgan fingerprint density at radius 1 is 0.340 bits per heavy atom. The third-order valence-electron chi connectivity index (χ3n) is 9.61. The van der Waals surface area contributed by atoms with Crippen molar-refractivity contribution in [1.82, 2.24) is 15.0 Å². The summed E-state index contributed by atoms with van der Waals surface area (Å²) >= 11 is 0. The average Bonchev–Trinajstić information content (AvgIpc) is 3.76. The number of furan rings is 1. The minimum absolute atomic E-state index is 0.661. The number of nitrogens with one attached hydrogen (secondary N) is 1. The smallest absolute Gasteiger partial charge is 0.160 e. The van der Waals surface area contributed by atoms with Gasteiger partial charge in [0.05, 0.1) is 11.4 Å². The molecule has 0 unspecified atom stereocenters. The van der Waals surface area contributed by atoms with E-state index < -0.39 is 0 Å². The minimum Gasteiger partial charge on any atom is -0.456 e. The van der Waals surface area contributed by atoms with Crippen molar-refractivity contribution in [3.8, 4) is 56.2 Å². The van der Waals surface area contributed by atoms with E-state index in [-0.39, 0.29) is 0 Å². The molecular weight excluding hydrogens is 611 g/mol. The largest absolute Gasteiger partial charge is 0.456 e. The van der Waals surface area contributed by atoms with E-state index >= 15 is 0 Å². The number of nitrogens with zero attached hydrogens (tertiary/aromatic N) is 2. The first-order chi connectivity index (χ1) is 24.7. The van der Waals surface area contributed by atoms with Gasteiger partial charge in [0.15, 0.2) is 5.82 Å². The molecule has 10 rings (SSSR count). The van der Waals surface area contributed by atoms with Gasteiger partial charge >= 0.3 is 0 Å². The van der Waals surface area contributed by atoms with Gasteiger partial charge < -0.3 is 9.40 Å². The molecule has 3 aromatic heterocycles. The zero-order valence-corrected chi connectivity index (χ0v) is 27.0. The predicted molar refractivity (Wildman–Crippen MR) is 206 cm³/mol. The second-order valence-electron chi connectivity index (χ2n) is 12.7. The van der Waals surface area contributed by atoms with Gasteiger partial charge in [-0.1, -0.05) is 115 Å². The van der Waals surface area contributed by atoms with E-state index in [2.05, 4.69) is 145 Å². The molecule has 0 amide bonds. The normalized spacial score (nSPS) is 11.6. The van der Waals surface area contributed by atoms with E-state index in [1.807, 2.05) is 30.3 Å². The molecule has 234 valence electrons. The van der Waals surface area contributed by atoms with Crippen molar-refractivity contribution in [2.24, 2.45) is 0 Å². The van der Waals surface area contributed by atoms with E-state index in [9.17, 15) is 0 Å². The third-order valence-corrected chi connectivity index (χ3v) is 9.61. The van der Waals surface area contributed by atoms with Gasteiger partial charge in [-0.25, -0.2) is 9.97 Å². The number of hydrogen-bond donors (Lipinski definition) is 1. The molecule has 7 aromatic carbocycles. The van der Waals surface area contributed by atoms with Crippen molar-refractivity contribution >= 4 is 43.7 Å². The fourth-order valence-corrected chi connectivity index (χ4v) is 7.12. The van der Waals surface area contributed by atoms with Crippen molar-refractivity contribution in [3.63, 3.8) is 0 Å². The van der Waals surface area contributed by atoms with E-state index in [1.165, 1.54) is 10.8 Å². The molecule has 0 fully saturated rings. The van der Waals surface area contributed by atoms with Crippen LogP contribution >= 0.6 is 0 Å². The first kappa shape index (κ1) is 28.3. The maximum absolute atomic E-state index is 6.30. The van der Waals surface area contributed by atoms with E-state index in [4.69, 9.17) is 14.4 Å². The molecule has 10 aromatic rings. The highest BCUT2D eigenvalue weighted by molar-refractivity contribution is 6.08. The number of hydrogen-bond acceptors (Lipinski definition) is 3. The Hall–Kier alpha value is -6.78. The average molecular weight is 640 g/mol.